The molecule has 0 aliphatic carbocycles. The first kappa shape index (κ1) is 30.1. The van der Waals surface area contributed by atoms with Crippen molar-refractivity contribution in [3.8, 4) is 5.75 Å². The smallest absolute Gasteiger partial charge is 0.267 e. The molecule has 0 aliphatic rings. The summed E-state index contributed by atoms with van der Waals surface area (Å²) in [6.45, 7) is 2.81. The molecule has 2 amide bonds. The lowest BCUT2D eigenvalue weighted by molar-refractivity contribution is -0.117. The van der Waals surface area contributed by atoms with Gasteiger partial charge in [0.25, 0.3) is 11.8 Å². The zero-order chi connectivity index (χ0) is 26.6. The van der Waals surface area contributed by atoms with Crippen molar-refractivity contribution in [1.29, 1.82) is 0 Å². The highest BCUT2D eigenvalue weighted by molar-refractivity contribution is 6.05. The van der Waals surface area contributed by atoms with Gasteiger partial charge in [0, 0.05) is 17.7 Å². The van der Waals surface area contributed by atoms with Crippen LogP contribution in [0.2, 0.25) is 0 Å². The number of hydrogen-bond acceptors (Lipinski definition) is 3. The molecule has 2 aromatic rings. The van der Waals surface area contributed by atoms with Crippen molar-refractivity contribution in [3.63, 3.8) is 0 Å². The number of amides is 2. The number of benzene rings is 2. The van der Waals surface area contributed by atoms with E-state index in [1.807, 2.05) is 6.07 Å². The number of nitrogens with one attached hydrogen (secondary N) is 2. The van der Waals surface area contributed by atoms with Crippen molar-refractivity contribution in [2.75, 3.05) is 6.54 Å². The monoisotopic (exact) mass is 506 g/mol. The molecule has 202 valence electrons. The molecule has 0 bridgehead atoms. The quantitative estimate of drug-likeness (QED) is 0.135. The third-order valence-corrected chi connectivity index (χ3v) is 6.58. The van der Waals surface area contributed by atoms with Crippen molar-refractivity contribution >= 4 is 17.9 Å². The summed E-state index contributed by atoms with van der Waals surface area (Å²) in [4.78, 5) is 25.5. The zero-order valence-corrected chi connectivity index (χ0v) is 22.6. The Bertz CT molecular complexity index is 940. The second-order valence-corrected chi connectivity index (χ2v) is 9.79. The molecule has 5 nitrogen and oxygen atoms in total. The molecule has 0 spiro atoms. The lowest BCUT2D eigenvalue weighted by atomic mass is 10.0. The number of phenols is 1. The van der Waals surface area contributed by atoms with E-state index in [2.05, 4.69) is 17.6 Å². The van der Waals surface area contributed by atoms with Crippen LogP contribution in [-0.4, -0.2) is 23.5 Å². The molecule has 0 saturated heterocycles. The third-order valence-electron chi connectivity index (χ3n) is 6.58. The summed E-state index contributed by atoms with van der Waals surface area (Å²) in [7, 11) is 0. The van der Waals surface area contributed by atoms with Crippen molar-refractivity contribution in [2.24, 2.45) is 0 Å². The minimum absolute atomic E-state index is 0.0498. The van der Waals surface area contributed by atoms with Crippen LogP contribution >= 0.6 is 0 Å². The minimum Gasteiger partial charge on any atom is -0.507 e. The number of unbranched alkanes of at least 4 members (excludes halogenated alkanes) is 13. The first-order chi connectivity index (χ1) is 18.1. The summed E-state index contributed by atoms with van der Waals surface area (Å²) in [6.07, 6.45) is 19.5. The first-order valence-electron chi connectivity index (χ1n) is 14.3. The SMILES string of the molecule is CCCCCCCCCCCCCCCCNC(=O)/C(=C/c1ccccc1O)NC(=O)c1ccccc1. The van der Waals surface area contributed by atoms with Crippen LogP contribution in [0.4, 0.5) is 0 Å². The maximum absolute atomic E-state index is 12.9. The molecule has 0 fully saturated rings. The molecule has 0 atom stereocenters. The van der Waals surface area contributed by atoms with Gasteiger partial charge in [-0.05, 0) is 30.7 Å². The molecule has 2 aromatic carbocycles. The molecule has 0 saturated carbocycles. The maximum atomic E-state index is 12.9. The Labute approximate surface area is 223 Å². The van der Waals surface area contributed by atoms with Crippen molar-refractivity contribution in [3.05, 3.63) is 71.4 Å². The summed E-state index contributed by atoms with van der Waals surface area (Å²) in [5.74, 6) is -0.676. The van der Waals surface area contributed by atoms with Crippen molar-refractivity contribution < 1.29 is 14.7 Å². The van der Waals surface area contributed by atoms with Crippen LogP contribution in [0.25, 0.3) is 6.08 Å². The molecule has 3 N–H and O–H groups in total. The van der Waals surface area contributed by atoms with E-state index in [1.54, 1.807) is 48.5 Å². The second kappa shape index (κ2) is 19.1. The number of phenolic OH excluding ortho intramolecular Hbond substituents is 1. The van der Waals surface area contributed by atoms with Crippen LogP contribution in [0.1, 0.15) is 113 Å². The summed E-state index contributed by atoms with van der Waals surface area (Å²) in [6, 6.07) is 15.5. The van der Waals surface area contributed by atoms with Crippen LogP contribution in [0.5, 0.6) is 5.75 Å². The highest BCUT2D eigenvalue weighted by Crippen LogP contribution is 2.19. The molecule has 0 aliphatic heterocycles. The highest BCUT2D eigenvalue weighted by Gasteiger charge is 2.15. The largest absolute Gasteiger partial charge is 0.507 e. The molecule has 5 heteroatoms. The third kappa shape index (κ3) is 13.2. The molecule has 0 unspecified atom stereocenters. The van der Waals surface area contributed by atoms with E-state index in [0.717, 1.165) is 12.8 Å². The number of rotatable bonds is 19. The normalized spacial score (nSPS) is 11.3. The minimum atomic E-state index is -0.367. The van der Waals surface area contributed by atoms with Gasteiger partial charge in [-0.3, -0.25) is 9.59 Å². The summed E-state index contributed by atoms with van der Waals surface area (Å²) in [5, 5.41) is 15.7. The van der Waals surface area contributed by atoms with Crippen molar-refractivity contribution in [2.45, 2.75) is 96.8 Å². The van der Waals surface area contributed by atoms with Gasteiger partial charge in [-0.15, -0.1) is 0 Å². The Hall–Kier alpha value is -3.08. The second-order valence-electron chi connectivity index (χ2n) is 9.79. The van der Waals surface area contributed by atoms with Crippen LogP contribution in [0, 0.1) is 0 Å². The number of carbonyl (C=O) groups is 2. The summed E-state index contributed by atoms with van der Waals surface area (Å²) in [5.41, 5.74) is 1.05. The lowest BCUT2D eigenvalue weighted by Gasteiger charge is -2.12. The fourth-order valence-corrected chi connectivity index (χ4v) is 4.32. The number of para-hydroxylation sites is 1. The van der Waals surface area contributed by atoms with E-state index in [0.29, 0.717) is 17.7 Å². The van der Waals surface area contributed by atoms with Crippen LogP contribution < -0.4 is 10.6 Å². The average molecular weight is 507 g/mol. The fraction of sp³-hybridized carbons (Fsp3) is 0.500. The van der Waals surface area contributed by atoms with Gasteiger partial charge in [-0.1, -0.05) is 127 Å². The van der Waals surface area contributed by atoms with Crippen LogP contribution in [-0.2, 0) is 4.79 Å². The maximum Gasteiger partial charge on any atom is 0.267 e. The average Bonchev–Trinajstić information content (AvgIpc) is 2.92. The number of hydrogen-bond donors (Lipinski definition) is 3. The topological polar surface area (TPSA) is 78.4 Å². The van der Waals surface area contributed by atoms with Gasteiger partial charge in [0.05, 0.1) is 0 Å². The predicted octanol–water partition coefficient (Wildman–Crippen LogP) is 7.76. The Balaban J connectivity index is 1.67. The Morgan fingerprint density at radius 2 is 1.22 bits per heavy atom. The molecular weight excluding hydrogens is 460 g/mol. The van der Waals surface area contributed by atoms with E-state index in [1.165, 1.54) is 83.1 Å². The van der Waals surface area contributed by atoms with Gasteiger partial charge in [-0.2, -0.15) is 0 Å². The van der Waals surface area contributed by atoms with E-state index < -0.39 is 0 Å². The fourth-order valence-electron chi connectivity index (χ4n) is 4.32. The van der Waals surface area contributed by atoms with Gasteiger partial charge < -0.3 is 15.7 Å². The number of carbonyl (C=O) groups excluding carboxylic acids is 2. The van der Waals surface area contributed by atoms with Gasteiger partial charge in [0.15, 0.2) is 0 Å². The van der Waals surface area contributed by atoms with Gasteiger partial charge >= 0.3 is 0 Å². The lowest BCUT2D eigenvalue weighted by Crippen LogP contribution is -2.35. The highest BCUT2D eigenvalue weighted by atomic mass is 16.3. The zero-order valence-electron chi connectivity index (χ0n) is 22.6. The Kier molecular flexibility index (Phi) is 15.6. The first-order valence-corrected chi connectivity index (χ1v) is 14.3. The van der Waals surface area contributed by atoms with Gasteiger partial charge in [-0.25, -0.2) is 0 Å². The summed E-state index contributed by atoms with van der Waals surface area (Å²) >= 11 is 0. The van der Waals surface area contributed by atoms with Gasteiger partial charge in [0.1, 0.15) is 11.4 Å². The Morgan fingerprint density at radius 1 is 0.703 bits per heavy atom. The molecule has 0 radical (unpaired) electrons. The van der Waals surface area contributed by atoms with Crippen LogP contribution in [0.15, 0.2) is 60.3 Å². The standard InChI is InChI=1S/C32H46N2O3/c1-2-3-4-5-6-7-8-9-10-11-12-13-14-20-25-33-32(37)29(26-28-23-18-19-24-30(28)35)34-31(36)27-21-16-15-17-22-27/h15-19,21-24,26,35H,2-14,20,25H2,1H3,(H,33,37)(H,34,36)/b29-26-. The number of aromatic hydroxyl groups is 1. The summed E-state index contributed by atoms with van der Waals surface area (Å²) < 4.78 is 0. The Morgan fingerprint density at radius 3 is 1.78 bits per heavy atom. The van der Waals surface area contributed by atoms with Crippen LogP contribution in [0.3, 0.4) is 0 Å². The van der Waals surface area contributed by atoms with E-state index in [9.17, 15) is 14.7 Å². The van der Waals surface area contributed by atoms with Gasteiger partial charge in [0.2, 0.25) is 0 Å². The predicted molar refractivity (Wildman–Crippen MR) is 153 cm³/mol. The molecule has 0 heterocycles. The van der Waals surface area contributed by atoms with E-state index >= 15 is 0 Å². The molecule has 2 rings (SSSR count). The molecule has 0 aromatic heterocycles. The van der Waals surface area contributed by atoms with Crippen molar-refractivity contribution in [1.82, 2.24) is 10.6 Å². The molecule has 37 heavy (non-hydrogen) atoms. The van der Waals surface area contributed by atoms with E-state index in [4.69, 9.17) is 0 Å². The molecular formula is C32H46N2O3. The van der Waals surface area contributed by atoms with E-state index in [-0.39, 0.29) is 23.3 Å².